The van der Waals surface area contributed by atoms with Crippen molar-refractivity contribution in [1.82, 2.24) is 4.72 Å². The van der Waals surface area contributed by atoms with Crippen LogP contribution in [0.15, 0.2) is 29.2 Å². The van der Waals surface area contributed by atoms with E-state index in [2.05, 4.69) is 4.72 Å². The molecular weight excluding hydrogens is 310 g/mol. The maximum Gasteiger partial charge on any atom is 0.240 e. The lowest BCUT2D eigenvalue weighted by Gasteiger charge is -2.22. The molecule has 1 atom stereocenters. The summed E-state index contributed by atoms with van der Waals surface area (Å²) in [5, 5.41) is 0. The van der Waals surface area contributed by atoms with Crippen molar-refractivity contribution in [1.29, 1.82) is 0 Å². The number of benzene rings is 1. The van der Waals surface area contributed by atoms with Gasteiger partial charge in [-0.25, -0.2) is 13.1 Å². The third-order valence-electron chi connectivity index (χ3n) is 5.05. The second-order valence-corrected chi connectivity index (χ2v) is 8.49. The van der Waals surface area contributed by atoms with E-state index < -0.39 is 10.0 Å². The summed E-state index contributed by atoms with van der Waals surface area (Å²) in [5.74, 6) is 0.605. The molecule has 1 aliphatic heterocycles. The molecule has 0 aromatic heterocycles. The third kappa shape index (κ3) is 4.55. The van der Waals surface area contributed by atoms with Gasteiger partial charge < -0.3 is 4.74 Å². The molecule has 0 spiro atoms. The smallest absolute Gasteiger partial charge is 0.240 e. The standard InChI is InChI=1S/C18H27NO3S/c20-23(21,19-13-12-17-7-4-14-22-17)18-10-8-16(9-11-18)15-5-2-1-3-6-15/h8-11,15,17,19H,1-7,12-14H2/t17-/m1/s1. The van der Waals surface area contributed by atoms with Crippen LogP contribution in [0, 0.1) is 0 Å². The van der Waals surface area contributed by atoms with E-state index in [-0.39, 0.29) is 6.10 Å². The zero-order valence-corrected chi connectivity index (χ0v) is 14.5. The van der Waals surface area contributed by atoms with Crippen LogP contribution in [0.25, 0.3) is 0 Å². The first-order chi connectivity index (χ1) is 11.1. The van der Waals surface area contributed by atoms with Crippen LogP contribution in [0.2, 0.25) is 0 Å². The summed E-state index contributed by atoms with van der Waals surface area (Å²) in [7, 11) is -3.41. The molecule has 1 aromatic carbocycles. The molecule has 1 N–H and O–H groups in total. The maximum atomic E-state index is 12.3. The Hall–Kier alpha value is -0.910. The van der Waals surface area contributed by atoms with Crippen LogP contribution < -0.4 is 4.72 Å². The van der Waals surface area contributed by atoms with Crippen LogP contribution in [0.3, 0.4) is 0 Å². The Bertz CT molecular complexity index is 585. The SMILES string of the molecule is O=S(=O)(NCC[C@H]1CCCO1)c1ccc(C2CCCCC2)cc1. The largest absolute Gasteiger partial charge is 0.378 e. The zero-order valence-electron chi connectivity index (χ0n) is 13.7. The van der Waals surface area contributed by atoms with Crippen LogP contribution in [0.1, 0.15) is 62.8 Å². The van der Waals surface area contributed by atoms with Gasteiger partial charge in [-0.15, -0.1) is 0 Å². The summed E-state index contributed by atoms with van der Waals surface area (Å²) < 4.78 is 32.9. The predicted molar refractivity (Wildman–Crippen MR) is 91.0 cm³/mol. The van der Waals surface area contributed by atoms with E-state index in [1.54, 1.807) is 12.1 Å². The quantitative estimate of drug-likeness (QED) is 0.863. The van der Waals surface area contributed by atoms with Gasteiger partial charge in [-0.3, -0.25) is 0 Å². The van der Waals surface area contributed by atoms with E-state index in [4.69, 9.17) is 4.74 Å². The van der Waals surface area contributed by atoms with Crippen LogP contribution in [-0.4, -0.2) is 27.7 Å². The van der Waals surface area contributed by atoms with Crippen molar-refractivity contribution in [2.45, 2.75) is 68.3 Å². The monoisotopic (exact) mass is 337 g/mol. The Morgan fingerprint density at radius 3 is 2.39 bits per heavy atom. The number of hydrogen-bond donors (Lipinski definition) is 1. The van der Waals surface area contributed by atoms with Gasteiger partial charge in [0, 0.05) is 13.2 Å². The number of nitrogens with one attached hydrogen (secondary N) is 1. The van der Waals surface area contributed by atoms with Gasteiger partial charge in [0.05, 0.1) is 11.0 Å². The predicted octanol–water partition coefficient (Wildman–Crippen LogP) is 3.58. The van der Waals surface area contributed by atoms with Gasteiger partial charge in [-0.2, -0.15) is 0 Å². The van der Waals surface area contributed by atoms with Crippen molar-refractivity contribution in [3.05, 3.63) is 29.8 Å². The minimum atomic E-state index is -3.41. The molecule has 4 nitrogen and oxygen atoms in total. The van der Waals surface area contributed by atoms with Gasteiger partial charge in [-0.1, -0.05) is 31.4 Å². The highest BCUT2D eigenvalue weighted by atomic mass is 32.2. The molecule has 0 radical (unpaired) electrons. The Labute approximate surface area is 139 Å². The normalized spacial score (nSPS) is 23.2. The molecule has 128 valence electrons. The Morgan fingerprint density at radius 1 is 1.00 bits per heavy atom. The van der Waals surface area contributed by atoms with Gasteiger partial charge in [0.15, 0.2) is 0 Å². The van der Waals surface area contributed by atoms with E-state index in [1.807, 2.05) is 12.1 Å². The van der Waals surface area contributed by atoms with E-state index in [0.717, 1.165) is 25.9 Å². The van der Waals surface area contributed by atoms with Gasteiger partial charge in [0.1, 0.15) is 0 Å². The summed E-state index contributed by atoms with van der Waals surface area (Å²) in [6.07, 6.45) is 9.45. The molecule has 0 amide bonds. The highest BCUT2D eigenvalue weighted by Crippen LogP contribution is 2.32. The summed E-state index contributed by atoms with van der Waals surface area (Å²) in [6, 6.07) is 7.48. The van der Waals surface area contributed by atoms with Gasteiger partial charge in [-0.05, 0) is 55.7 Å². The molecule has 1 heterocycles. The van der Waals surface area contributed by atoms with Crippen molar-refractivity contribution >= 4 is 10.0 Å². The fourth-order valence-corrected chi connectivity index (χ4v) is 4.71. The number of hydrogen-bond acceptors (Lipinski definition) is 3. The second kappa shape index (κ2) is 7.77. The maximum absolute atomic E-state index is 12.3. The fraction of sp³-hybridized carbons (Fsp3) is 0.667. The molecule has 3 rings (SSSR count). The van der Waals surface area contributed by atoms with Gasteiger partial charge in [0.25, 0.3) is 0 Å². The Balaban J connectivity index is 1.56. The summed E-state index contributed by atoms with van der Waals surface area (Å²) >= 11 is 0. The first kappa shape index (κ1) is 16.9. The zero-order chi connectivity index (χ0) is 16.1. The van der Waals surface area contributed by atoms with Crippen LogP contribution in [0.4, 0.5) is 0 Å². The lowest BCUT2D eigenvalue weighted by Crippen LogP contribution is -2.27. The van der Waals surface area contributed by atoms with Crippen molar-refractivity contribution in [2.75, 3.05) is 13.2 Å². The summed E-state index contributed by atoms with van der Waals surface area (Å²) in [5.41, 5.74) is 1.28. The molecule has 0 unspecified atom stereocenters. The molecule has 1 saturated carbocycles. The van der Waals surface area contributed by atoms with Crippen molar-refractivity contribution in [3.8, 4) is 0 Å². The third-order valence-corrected chi connectivity index (χ3v) is 6.53. The minimum Gasteiger partial charge on any atom is -0.378 e. The lowest BCUT2D eigenvalue weighted by molar-refractivity contribution is 0.105. The average molecular weight is 337 g/mol. The lowest BCUT2D eigenvalue weighted by atomic mass is 9.84. The van der Waals surface area contributed by atoms with E-state index in [0.29, 0.717) is 17.4 Å². The average Bonchev–Trinajstić information content (AvgIpc) is 3.09. The van der Waals surface area contributed by atoms with Crippen molar-refractivity contribution in [3.63, 3.8) is 0 Å². The summed E-state index contributed by atoms with van der Waals surface area (Å²) in [6.45, 7) is 1.25. The van der Waals surface area contributed by atoms with Gasteiger partial charge in [0.2, 0.25) is 10.0 Å². The van der Waals surface area contributed by atoms with E-state index in [1.165, 1.54) is 37.7 Å². The highest BCUT2D eigenvalue weighted by molar-refractivity contribution is 7.89. The Kier molecular flexibility index (Phi) is 5.72. The van der Waals surface area contributed by atoms with Crippen LogP contribution in [0.5, 0.6) is 0 Å². The molecule has 1 aromatic rings. The summed E-state index contributed by atoms with van der Waals surface area (Å²) in [4.78, 5) is 0.365. The van der Waals surface area contributed by atoms with Crippen LogP contribution in [-0.2, 0) is 14.8 Å². The van der Waals surface area contributed by atoms with Crippen molar-refractivity contribution in [2.24, 2.45) is 0 Å². The second-order valence-electron chi connectivity index (χ2n) is 6.73. The number of sulfonamides is 1. The highest BCUT2D eigenvalue weighted by Gasteiger charge is 2.19. The first-order valence-corrected chi connectivity index (χ1v) is 10.3. The fourth-order valence-electron chi connectivity index (χ4n) is 3.66. The molecule has 23 heavy (non-hydrogen) atoms. The molecule has 2 aliphatic rings. The molecular formula is C18H27NO3S. The van der Waals surface area contributed by atoms with Gasteiger partial charge >= 0.3 is 0 Å². The minimum absolute atomic E-state index is 0.214. The topological polar surface area (TPSA) is 55.4 Å². The van der Waals surface area contributed by atoms with E-state index in [9.17, 15) is 8.42 Å². The van der Waals surface area contributed by atoms with E-state index >= 15 is 0 Å². The van der Waals surface area contributed by atoms with Crippen molar-refractivity contribution < 1.29 is 13.2 Å². The number of ether oxygens (including phenoxy) is 1. The molecule has 2 fully saturated rings. The Morgan fingerprint density at radius 2 is 1.74 bits per heavy atom. The number of rotatable bonds is 6. The first-order valence-electron chi connectivity index (χ1n) is 8.86. The molecule has 5 heteroatoms. The molecule has 1 aliphatic carbocycles. The molecule has 1 saturated heterocycles. The van der Waals surface area contributed by atoms with Crippen LogP contribution >= 0.6 is 0 Å². The molecule has 0 bridgehead atoms.